The zero-order valence-corrected chi connectivity index (χ0v) is 13.2. The van der Waals surface area contributed by atoms with Crippen molar-refractivity contribution in [1.82, 2.24) is 14.5 Å². The van der Waals surface area contributed by atoms with Crippen LogP contribution < -0.4 is 0 Å². The molecule has 1 atom stereocenters. The molecule has 0 fully saturated rings. The fourth-order valence-corrected chi connectivity index (χ4v) is 2.72. The molecule has 0 bridgehead atoms. The molecule has 3 nitrogen and oxygen atoms in total. The van der Waals surface area contributed by atoms with E-state index in [1.165, 1.54) is 11.1 Å². The number of pyridine rings is 1. The van der Waals surface area contributed by atoms with E-state index in [0.717, 1.165) is 22.6 Å². The van der Waals surface area contributed by atoms with Crippen molar-refractivity contribution in [2.75, 3.05) is 0 Å². The maximum atomic E-state index is 6.32. The summed E-state index contributed by atoms with van der Waals surface area (Å²) >= 11 is 6.32. The van der Waals surface area contributed by atoms with Crippen LogP contribution in [0.2, 0.25) is 0 Å². The van der Waals surface area contributed by atoms with E-state index < -0.39 is 0 Å². The molecule has 108 valence electrons. The molecule has 0 saturated heterocycles. The van der Waals surface area contributed by atoms with Crippen LogP contribution in [0.1, 0.15) is 34.9 Å². The fourth-order valence-electron chi connectivity index (χ4n) is 2.55. The predicted octanol–water partition coefficient (Wildman–Crippen LogP) is 4.40. The standard InChI is InChI=1S/C17H18ClN3/c1-11-6-7-14-16(9-11)21(17(20-14)13(3)18)10-15-12(2)5-4-8-19-15/h4-9,13H,10H2,1-3H3. The number of fused-ring (bicyclic) bond motifs is 1. The van der Waals surface area contributed by atoms with E-state index in [0.29, 0.717) is 6.54 Å². The molecule has 0 amide bonds. The Morgan fingerprint density at radius 1 is 1.24 bits per heavy atom. The van der Waals surface area contributed by atoms with Crippen molar-refractivity contribution in [2.24, 2.45) is 0 Å². The first-order valence-corrected chi connectivity index (χ1v) is 7.51. The Kier molecular flexibility index (Phi) is 3.68. The summed E-state index contributed by atoms with van der Waals surface area (Å²) in [7, 11) is 0. The Bertz CT molecular complexity index is 790. The number of alkyl halides is 1. The summed E-state index contributed by atoms with van der Waals surface area (Å²) in [4.78, 5) is 9.17. The van der Waals surface area contributed by atoms with Crippen LogP contribution in [0.3, 0.4) is 0 Å². The molecule has 3 rings (SSSR count). The second-order valence-corrected chi connectivity index (χ2v) is 6.09. The lowest BCUT2D eigenvalue weighted by Gasteiger charge is -2.12. The molecule has 0 radical (unpaired) electrons. The van der Waals surface area contributed by atoms with Gasteiger partial charge in [0.15, 0.2) is 0 Å². The first-order chi connectivity index (χ1) is 10.1. The van der Waals surface area contributed by atoms with Gasteiger partial charge in [-0.05, 0) is 50.1 Å². The van der Waals surface area contributed by atoms with E-state index in [4.69, 9.17) is 11.6 Å². The Balaban J connectivity index is 2.17. The number of nitrogens with zero attached hydrogens (tertiary/aromatic N) is 3. The van der Waals surface area contributed by atoms with Crippen LogP contribution in [0.25, 0.3) is 11.0 Å². The third kappa shape index (κ3) is 2.66. The van der Waals surface area contributed by atoms with Crippen LogP contribution in [-0.4, -0.2) is 14.5 Å². The molecule has 0 saturated carbocycles. The Labute approximate surface area is 129 Å². The van der Waals surface area contributed by atoms with Gasteiger partial charge in [0.05, 0.1) is 28.6 Å². The lowest BCUT2D eigenvalue weighted by molar-refractivity contribution is 0.723. The lowest BCUT2D eigenvalue weighted by Crippen LogP contribution is -2.08. The quantitative estimate of drug-likeness (QED) is 0.671. The predicted molar refractivity (Wildman–Crippen MR) is 86.8 cm³/mol. The van der Waals surface area contributed by atoms with Gasteiger partial charge in [0.2, 0.25) is 0 Å². The molecule has 1 aromatic carbocycles. The highest BCUT2D eigenvalue weighted by Crippen LogP contribution is 2.26. The van der Waals surface area contributed by atoms with E-state index in [2.05, 4.69) is 52.6 Å². The summed E-state index contributed by atoms with van der Waals surface area (Å²) in [6.45, 7) is 6.82. The minimum atomic E-state index is -0.137. The number of aryl methyl sites for hydroxylation is 2. The number of imidazole rings is 1. The molecular weight excluding hydrogens is 282 g/mol. The van der Waals surface area contributed by atoms with Crippen molar-refractivity contribution in [3.05, 3.63) is 59.2 Å². The molecule has 3 aromatic rings. The molecule has 0 spiro atoms. The SMILES string of the molecule is Cc1ccc2nc(C(C)Cl)n(Cc3ncccc3C)c2c1. The van der Waals surface area contributed by atoms with Crippen LogP contribution in [0.15, 0.2) is 36.5 Å². The van der Waals surface area contributed by atoms with Gasteiger partial charge >= 0.3 is 0 Å². The second kappa shape index (κ2) is 5.49. The largest absolute Gasteiger partial charge is 0.321 e. The van der Waals surface area contributed by atoms with Gasteiger partial charge in [-0.15, -0.1) is 11.6 Å². The number of halogens is 1. The van der Waals surface area contributed by atoms with Gasteiger partial charge in [-0.2, -0.15) is 0 Å². The Morgan fingerprint density at radius 3 is 2.76 bits per heavy atom. The molecule has 1 unspecified atom stereocenters. The van der Waals surface area contributed by atoms with Crippen LogP contribution in [0, 0.1) is 13.8 Å². The zero-order valence-electron chi connectivity index (χ0n) is 12.5. The van der Waals surface area contributed by atoms with Crippen LogP contribution in [0.4, 0.5) is 0 Å². The minimum Gasteiger partial charge on any atom is -0.321 e. The molecule has 0 aliphatic heterocycles. The molecule has 21 heavy (non-hydrogen) atoms. The average Bonchev–Trinajstić information content (AvgIpc) is 2.80. The van der Waals surface area contributed by atoms with Crippen LogP contribution >= 0.6 is 11.6 Å². The molecule has 2 aromatic heterocycles. The molecule has 0 aliphatic carbocycles. The van der Waals surface area contributed by atoms with Crippen LogP contribution in [0.5, 0.6) is 0 Å². The summed E-state index contributed by atoms with van der Waals surface area (Å²) < 4.78 is 2.18. The van der Waals surface area contributed by atoms with Crippen molar-refractivity contribution in [3.8, 4) is 0 Å². The molecule has 2 heterocycles. The maximum absolute atomic E-state index is 6.32. The van der Waals surface area contributed by atoms with Crippen molar-refractivity contribution < 1.29 is 0 Å². The summed E-state index contributed by atoms with van der Waals surface area (Å²) in [6, 6.07) is 10.3. The summed E-state index contributed by atoms with van der Waals surface area (Å²) in [5.74, 6) is 0.891. The van der Waals surface area contributed by atoms with Crippen molar-refractivity contribution in [3.63, 3.8) is 0 Å². The normalized spacial score (nSPS) is 12.8. The highest BCUT2D eigenvalue weighted by molar-refractivity contribution is 6.20. The van der Waals surface area contributed by atoms with Crippen molar-refractivity contribution >= 4 is 22.6 Å². The number of hydrogen-bond donors (Lipinski definition) is 0. The zero-order chi connectivity index (χ0) is 15.0. The van der Waals surface area contributed by atoms with Gasteiger partial charge in [-0.25, -0.2) is 4.98 Å². The van der Waals surface area contributed by atoms with E-state index in [-0.39, 0.29) is 5.38 Å². The Hall–Kier alpha value is -1.87. The maximum Gasteiger partial charge on any atom is 0.128 e. The average molecular weight is 300 g/mol. The molecule has 4 heteroatoms. The van der Waals surface area contributed by atoms with Crippen molar-refractivity contribution in [2.45, 2.75) is 32.7 Å². The third-order valence-electron chi connectivity index (χ3n) is 3.71. The van der Waals surface area contributed by atoms with E-state index in [9.17, 15) is 0 Å². The summed E-state index contributed by atoms with van der Waals surface area (Å²) in [5, 5.41) is -0.137. The van der Waals surface area contributed by atoms with Gasteiger partial charge in [-0.3, -0.25) is 4.98 Å². The Morgan fingerprint density at radius 2 is 2.05 bits per heavy atom. The van der Waals surface area contributed by atoms with Gasteiger partial charge in [-0.1, -0.05) is 12.1 Å². The monoisotopic (exact) mass is 299 g/mol. The first-order valence-electron chi connectivity index (χ1n) is 7.07. The highest BCUT2D eigenvalue weighted by Gasteiger charge is 2.16. The van der Waals surface area contributed by atoms with Crippen LogP contribution in [-0.2, 0) is 6.54 Å². The van der Waals surface area contributed by atoms with E-state index in [1.54, 1.807) is 0 Å². The van der Waals surface area contributed by atoms with E-state index >= 15 is 0 Å². The molecule has 0 N–H and O–H groups in total. The minimum absolute atomic E-state index is 0.137. The number of rotatable bonds is 3. The van der Waals surface area contributed by atoms with Crippen molar-refractivity contribution in [1.29, 1.82) is 0 Å². The molecular formula is C17H18ClN3. The molecule has 0 aliphatic rings. The lowest BCUT2D eigenvalue weighted by atomic mass is 10.2. The number of aromatic nitrogens is 3. The second-order valence-electron chi connectivity index (χ2n) is 5.43. The summed E-state index contributed by atoms with van der Waals surface area (Å²) in [6.07, 6.45) is 1.83. The third-order valence-corrected chi connectivity index (χ3v) is 3.91. The first kappa shape index (κ1) is 14.1. The van der Waals surface area contributed by atoms with Gasteiger partial charge in [0.25, 0.3) is 0 Å². The number of hydrogen-bond acceptors (Lipinski definition) is 2. The fraction of sp³-hybridized carbons (Fsp3) is 0.294. The number of benzene rings is 1. The van der Waals surface area contributed by atoms with Gasteiger partial charge < -0.3 is 4.57 Å². The smallest absolute Gasteiger partial charge is 0.128 e. The highest BCUT2D eigenvalue weighted by atomic mass is 35.5. The van der Waals surface area contributed by atoms with Gasteiger partial charge in [0.1, 0.15) is 5.82 Å². The van der Waals surface area contributed by atoms with E-state index in [1.807, 2.05) is 19.2 Å². The topological polar surface area (TPSA) is 30.7 Å². The summed E-state index contributed by atoms with van der Waals surface area (Å²) in [5.41, 5.74) is 5.55. The van der Waals surface area contributed by atoms with Gasteiger partial charge in [0, 0.05) is 6.20 Å².